The molecule has 1 saturated heterocycles. The Balaban J connectivity index is 2.12. The molecule has 1 aromatic carbocycles. The Labute approximate surface area is 162 Å². The lowest BCUT2D eigenvalue weighted by Gasteiger charge is -2.18. The molecule has 2 atom stereocenters. The molecule has 27 heavy (non-hydrogen) atoms. The molecule has 0 saturated carbocycles. The Morgan fingerprint density at radius 1 is 1.19 bits per heavy atom. The van der Waals surface area contributed by atoms with Gasteiger partial charge in [-0.15, -0.1) is 0 Å². The summed E-state index contributed by atoms with van der Waals surface area (Å²) < 4.78 is 10.3. The number of carbonyl (C=O) groups is 2. The second kappa shape index (κ2) is 10.3. The predicted octanol–water partition coefficient (Wildman–Crippen LogP) is 2.44. The van der Waals surface area contributed by atoms with Crippen LogP contribution in [-0.2, 0) is 14.3 Å². The van der Waals surface area contributed by atoms with Crippen molar-refractivity contribution in [3.05, 3.63) is 29.8 Å². The average Bonchev–Trinajstić information content (AvgIpc) is 3.10. The molecule has 0 spiro atoms. The summed E-state index contributed by atoms with van der Waals surface area (Å²) in [5.74, 6) is 0.973. The van der Waals surface area contributed by atoms with Crippen LogP contribution in [0.3, 0.4) is 0 Å². The summed E-state index contributed by atoms with van der Waals surface area (Å²) in [4.78, 5) is 27.2. The highest BCUT2D eigenvalue weighted by molar-refractivity contribution is 5.83. The maximum Gasteiger partial charge on any atom is 0.225 e. The van der Waals surface area contributed by atoms with Crippen molar-refractivity contribution >= 4 is 11.8 Å². The smallest absolute Gasteiger partial charge is 0.225 e. The van der Waals surface area contributed by atoms with E-state index in [0.29, 0.717) is 38.6 Å². The van der Waals surface area contributed by atoms with Crippen molar-refractivity contribution in [1.29, 1.82) is 0 Å². The van der Waals surface area contributed by atoms with Gasteiger partial charge in [-0.2, -0.15) is 0 Å². The lowest BCUT2D eigenvalue weighted by atomic mass is 9.88. The zero-order valence-electron chi connectivity index (χ0n) is 16.9. The number of rotatable bonds is 9. The minimum Gasteiger partial charge on any atom is -0.497 e. The first-order valence-electron chi connectivity index (χ1n) is 9.64. The quantitative estimate of drug-likeness (QED) is 0.672. The van der Waals surface area contributed by atoms with Crippen molar-refractivity contribution < 1.29 is 19.1 Å². The van der Waals surface area contributed by atoms with Crippen molar-refractivity contribution in [2.75, 3.05) is 40.5 Å². The van der Waals surface area contributed by atoms with E-state index in [1.165, 1.54) is 0 Å². The molecule has 1 fully saturated rings. The number of amides is 2. The molecular formula is C21H32N2O4. The van der Waals surface area contributed by atoms with E-state index < -0.39 is 0 Å². The first-order chi connectivity index (χ1) is 13.0. The van der Waals surface area contributed by atoms with Crippen molar-refractivity contribution in [3.63, 3.8) is 0 Å². The molecule has 1 heterocycles. The van der Waals surface area contributed by atoms with Crippen LogP contribution >= 0.6 is 0 Å². The number of likely N-dealkylation sites (tertiary alicyclic amines) is 1. The van der Waals surface area contributed by atoms with Gasteiger partial charge in [-0.1, -0.05) is 26.0 Å². The summed E-state index contributed by atoms with van der Waals surface area (Å²) in [5, 5.41) is 3.00. The summed E-state index contributed by atoms with van der Waals surface area (Å²) in [6.45, 7) is 6.32. The highest BCUT2D eigenvalue weighted by Crippen LogP contribution is 2.34. The Hall–Kier alpha value is -2.08. The summed E-state index contributed by atoms with van der Waals surface area (Å²) >= 11 is 0. The second-order valence-corrected chi connectivity index (χ2v) is 7.52. The van der Waals surface area contributed by atoms with Crippen molar-refractivity contribution in [2.45, 2.75) is 32.6 Å². The molecule has 2 rings (SSSR count). The van der Waals surface area contributed by atoms with E-state index in [1.807, 2.05) is 43.0 Å². The van der Waals surface area contributed by atoms with Gasteiger partial charge in [0.1, 0.15) is 5.75 Å². The Morgan fingerprint density at radius 3 is 2.48 bits per heavy atom. The van der Waals surface area contributed by atoms with Crippen molar-refractivity contribution in [1.82, 2.24) is 10.2 Å². The van der Waals surface area contributed by atoms with E-state index in [9.17, 15) is 9.59 Å². The van der Waals surface area contributed by atoms with E-state index in [0.717, 1.165) is 17.7 Å². The van der Waals surface area contributed by atoms with Gasteiger partial charge in [0.05, 0.1) is 13.0 Å². The van der Waals surface area contributed by atoms with E-state index in [1.54, 1.807) is 14.2 Å². The second-order valence-electron chi connectivity index (χ2n) is 7.52. The van der Waals surface area contributed by atoms with Crippen LogP contribution in [0.5, 0.6) is 5.75 Å². The van der Waals surface area contributed by atoms with Gasteiger partial charge in [-0.05, 0) is 30.0 Å². The molecule has 0 aromatic heterocycles. The predicted molar refractivity (Wildman–Crippen MR) is 105 cm³/mol. The summed E-state index contributed by atoms with van der Waals surface area (Å²) in [7, 11) is 3.28. The van der Waals surface area contributed by atoms with Crippen LogP contribution in [-0.4, -0.2) is 57.2 Å². The van der Waals surface area contributed by atoms with Crippen LogP contribution in [0.1, 0.15) is 38.2 Å². The largest absolute Gasteiger partial charge is 0.497 e. The zero-order chi connectivity index (χ0) is 19.8. The Kier molecular flexibility index (Phi) is 8.10. The molecule has 1 N–H and O–H groups in total. The Morgan fingerprint density at radius 2 is 1.89 bits per heavy atom. The zero-order valence-corrected chi connectivity index (χ0v) is 16.9. The van der Waals surface area contributed by atoms with E-state index in [-0.39, 0.29) is 23.7 Å². The molecule has 0 unspecified atom stereocenters. The average molecular weight is 376 g/mol. The van der Waals surface area contributed by atoms with Gasteiger partial charge in [0.2, 0.25) is 11.8 Å². The van der Waals surface area contributed by atoms with E-state index in [2.05, 4.69) is 5.32 Å². The lowest BCUT2D eigenvalue weighted by Crippen LogP contribution is -2.36. The third-order valence-corrected chi connectivity index (χ3v) is 4.96. The summed E-state index contributed by atoms with van der Waals surface area (Å²) in [5.41, 5.74) is 1.06. The highest BCUT2D eigenvalue weighted by atomic mass is 16.5. The fourth-order valence-corrected chi connectivity index (χ4v) is 3.50. The van der Waals surface area contributed by atoms with Crippen molar-refractivity contribution in [2.24, 2.45) is 11.8 Å². The molecule has 1 aliphatic heterocycles. The SMILES string of the molecule is COCCCNC(=O)[C@H]1CN(C(=O)CC(C)C)C[C@@H]1c1ccc(OC)cc1. The third kappa shape index (κ3) is 5.96. The van der Waals surface area contributed by atoms with E-state index in [4.69, 9.17) is 9.47 Å². The van der Waals surface area contributed by atoms with Gasteiger partial charge in [-0.25, -0.2) is 0 Å². The summed E-state index contributed by atoms with van der Waals surface area (Å²) in [6, 6.07) is 7.79. The minimum absolute atomic E-state index is 0.00514. The molecule has 6 heteroatoms. The number of hydrogen-bond acceptors (Lipinski definition) is 4. The molecule has 6 nitrogen and oxygen atoms in total. The minimum atomic E-state index is -0.239. The van der Waals surface area contributed by atoms with Gasteiger partial charge >= 0.3 is 0 Å². The molecule has 1 aromatic rings. The van der Waals surface area contributed by atoms with E-state index >= 15 is 0 Å². The van der Waals surface area contributed by atoms with Gasteiger partial charge in [0.25, 0.3) is 0 Å². The third-order valence-electron chi connectivity index (χ3n) is 4.96. The number of ether oxygens (including phenoxy) is 2. The van der Waals surface area contributed by atoms with Crippen LogP contribution in [0.25, 0.3) is 0 Å². The fourth-order valence-electron chi connectivity index (χ4n) is 3.50. The number of methoxy groups -OCH3 is 2. The molecule has 0 aliphatic carbocycles. The number of hydrogen-bond donors (Lipinski definition) is 1. The van der Waals surface area contributed by atoms with Gasteiger partial charge in [-0.3, -0.25) is 9.59 Å². The van der Waals surface area contributed by atoms with Crippen molar-refractivity contribution in [3.8, 4) is 5.75 Å². The molecule has 0 radical (unpaired) electrons. The Bertz CT molecular complexity index is 615. The van der Waals surface area contributed by atoms with Gasteiger partial charge in [0.15, 0.2) is 0 Å². The maximum absolute atomic E-state index is 12.8. The van der Waals surface area contributed by atoms with Gasteiger partial charge in [0, 0.05) is 45.7 Å². The maximum atomic E-state index is 12.8. The lowest BCUT2D eigenvalue weighted by molar-refractivity contribution is -0.131. The van der Waals surface area contributed by atoms with Crippen LogP contribution in [0, 0.1) is 11.8 Å². The number of carbonyl (C=O) groups excluding carboxylic acids is 2. The van der Waals surface area contributed by atoms with Crippen LogP contribution in [0.15, 0.2) is 24.3 Å². The first-order valence-corrected chi connectivity index (χ1v) is 9.64. The standard InChI is InChI=1S/C21H32N2O4/c1-15(2)12-20(24)23-13-18(16-6-8-17(27-4)9-7-16)19(14-23)21(25)22-10-5-11-26-3/h6-9,15,18-19H,5,10-14H2,1-4H3,(H,22,25)/t18-,19+/m1/s1. The number of nitrogens with zero attached hydrogens (tertiary/aromatic N) is 1. The van der Waals surface area contributed by atoms with Gasteiger partial charge < -0.3 is 19.7 Å². The molecule has 150 valence electrons. The summed E-state index contributed by atoms with van der Waals surface area (Å²) in [6.07, 6.45) is 1.29. The first kappa shape index (κ1) is 21.2. The molecule has 1 aliphatic rings. The molecule has 0 bridgehead atoms. The van der Waals surface area contributed by atoms with Crippen LogP contribution in [0.4, 0.5) is 0 Å². The highest BCUT2D eigenvalue weighted by Gasteiger charge is 2.40. The van der Waals surface area contributed by atoms with Crippen LogP contribution < -0.4 is 10.1 Å². The monoisotopic (exact) mass is 376 g/mol. The fraction of sp³-hybridized carbons (Fsp3) is 0.619. The molecular weight excluding hydrogens is 344 g/mol. The number of nitrogens with one attached hydrogen (secondary N) is 1. The molecule has 2 amide bonds. The normalized spacial score (nSPS) is 19.4. The topological polar surface area (TPSA) is 67.9 Å². The number of benzene rings is 1. The van der Waals surface area contributed by atoms with Crippen LogP contribution in [0.2, 0.25) is 0 Å².